The fourth-order valence-electron chi connectivity index (χ4n) is 1.52. The van der Waals surface area contributed by atoms with Gasteiger partial charge in [-0.2, -0.15) is 0 Å². The lowest BCUT2D eigenvalue weighted by molar-refractivity contribution is -0.124. The molecule has 0 heterocycles. The van der Waals surface area contributed by atoms with Gasteiger partial charge in [0.2, 0.25) is 0 Å². The molecule has 0 saturated carbocycles. The summed E-state index contributed by atoms with van der Waals surface area (Å²) in [6.07, 6.45) is 1.67. The van der Waals surface area contributed by atoms with Crippen molar-refractivity contribution in [1.82, 2.24) is 0 Å². The first kappa shape index (κ1) is 13.8. The molecule has 0 unspecified atom stereocenters. The topological polar surface area (TPSA) is 26.3 Å². The second-order valence-electron chi connectivity index (χ2n) is 4.79. The molecule has 0 saturated heterocycles. The van der Waals surface area contributed by atoms with Gasteiger partial charge in [-0.1, -0.05) is 20.8 Å². The Balaban J connectivity index is 4.33. The maximum absolute atomic E-state index is 11.5. The zero-order chi connectivity index (χ0) is 11.4. The lowest BCUT2D eigenvalue weighted by Crippen LogP contribution is -2.37. The highest BCUT2D eigenvalue weighted by Gasteiger charge is 2.27. The number of carbonyl (C=O) groups excluding carboxylic acids is 1. The molecule has 0 amide bonds. The van der Waals surface area contributed by atoms with Gasteiger partial charge in [0.1, 0.15) is 5.78 Å². The van der Waals surface area contributed by atoms with E-state index >= 15 is 0 Å². The van der Waals surface area contributed by atoms with E-state index in [4.69, 9.17) is 4.43 Å². The maximum atomic E-state index is 11.5. The van der Waals surface area contributed by atoms with E-state index in [-0.39, 0.29) is 12.0 Å². The van der Waals surface area contributed by atoms with Gasteiger partial charge < -0.3 is 4.43 Å². The fourth-order valence-corrected chi connectivity index (χ4v) is 2.80. The van der Waals surface area contributed by atoms with Crippen molar-refractivity contribution in [2.45, 2.75) is 59.4 Å². The third-order valence-corrected chi connectivity index (χ3v) is 3.33. The van der Waals surface area contributed by atoms with Crippen molar-refractivity contribution >= 4 is 14.1 Å². The molecule has 3 heteroatoms. The standard InChI is InChI=1S/C11H24O2Si/c1-7-10(12)9(3)11(8-2)13-14(4,5)6/h9,11H,7-8H2,1-6H3/t9-,11-/m1/s1. The Morgan fingerprint density at radius 2 is 1.79 bits per heavy atom. The molecule has 2 atom stereocenters. The average molecular weight is 216 g/mol. The van der Waals surface area contributed by atoms with Crippen LogP contribution < -0.4 is 0 Å². The molecule has 0 radical (unpaired) electrons. The van der Waals surface area contributed by atoms with E-state index in [2.05, 4.69) is 26.6 Å². The molecule has 0 N–H and O–H groups in total. The van der Waals surface area contributed by atoms with E-state index in [1.807, 2.05) is 13.8 Å². The van der Waals surface area contributed by atoms with Crippen LogP contribution in [0.15, 0.2) is 0 Å². The number of hydrogen-bond acceptors (Lipinski definition) is 2. The predicted molar refractivity (Wildman–Crippen MR) is 63.0 cm³/mol. The van der Waals surface area contributed by atoms with Gasteiger partial charge in [-0.05, 0) is 26.1 Å². The third-order valence-electron chi connectivity index (χ3n) is 2.32. The molecule has 84 valence electrons. The van der Waals surface area contributed by atoms with Crippen molar-refractivity contribution in [3.8, 4) is 0 Å². The van der Waals surface area contributed by atoms with Crippen LogP contribution in [0.1, 0.15) is 33.6 Å². The Morgan fingerprint density at radius 1 is 1.29 bits per heavy atom. The number of carbonyl (C=O) groups is 1. The molecule has 0 aliphatic rings. The molecule has 0 bridgehead atoms. The van der Waals surface area contributed by atoms with Gasteiger partial charge in [-0.3, -0.25) is 4.79 Å². The van der Waals surface area contributed by atoms with Crippen molar-refractivity contribution in [3.05, 3.63) is 0 Å². The quantitative estimate of drug-likeness (QED) is 0.637. The van der Waals surface area contributed by atoms with Crippen LogP contribution in [0.4, 0.5) is 0 Å². The smallest absolute Gasteiger partial charge is 0.184 e. The predicted octanol–water partition coefficient (Wildman–Crippen LogP) is 3.23. The first-order valence-corrected chi connectivity index (χ1v) is 8.93. The van der Waals surface area contributed by atoms with Crippen molar-refractivity contribution in [3.63, 3.8) is 0 Å². The molecule has 0 fully saturated rings. The molecule has 0 aromatic heterocycles. The zero-order valence-electron chi connectivity index (χ0n) is 10.4. The largest absolute Gasteiger partial charge is 0.414 e. The molecule has 2 nitrogen and oxygen atoms in total. The monoisotopic (exact) mass is 216 g/mol. The van der Waals surface area contributed by atoms with Gasteiger partial charge in [0.25, 0.3) is 0 Å². The molecule has 14 heavy (non-hydrogen) atoms. The molecular weight excluding hydrogens is 192 g/mol. The van der Waals surface area contributed by atoms with Gasteiger partial charge >= 0.3 is 0 Å². The van der Waals surface area contributed by atoms with E-state index in [1.54, 1.807) is 0 Å². The Bertz CT molecular complexity index is 184. The number of rotatable bonds is 6. The number of hydrogen-bond donors (Lipinski definition) is 0. The van der Waals surface area contributed by atoms with E-state index < -0.39 is 8.32 Å². The van der Waals surface area contributed by atoms with Gasteiger partial charge in [0.05, 0.1) is 6.10 Å². The van der Waals surface area contributed by atoms with Crippen molar-refractivity contribution < 1.29 is 9.22 Å². The summed E-state index contributed by atoms with van der Waals surface area (Å²) in [5, 5.41) is 0. The van der Waals surface area contributed by atoms with E-state index in [0.29, 0.717) is 12.2 Å². The molecule has 0 aliphatic carbocycles. The summed E-state index contributed by atoms with van der Waals surface area (Å²) in [5.41, 5.74) is 0. The van der Waals surface area contributed by atoms with Gasteiger partial charge in [-0.15, -0.1) is 0 Å². The highest BCUT2D eigenvalue weighted by molar-refractivity contribution is 6.69. The highest BCUT2D eigenvalue weighted by Crippen LogP contribution is 2.18. The highest BCUT2D eigenvalue weighted by atomic mass is 28.4. The van der Waals surface area contributed by atoms with Gasteiger partial charge in [0.15, 0.2) is 8.32 Å². The average Bonchev–Trinajstić information content (AvgIpc) is 2.10. The molecule has 0 spiro atoms. The van der Waals surface area contributed by atoms with Crippen LogP contribution in [0.3, 0.4) is 0 Å². The fraction of sp³-hybridized carbons (Fsp3) is 0.909. The summed E-state index contributed by atoms with van der Waals surface area (Å²) in [7, 11) is -1.51. The summed E-state index contributed by atoms with van der Waals surface area (Å²) in [4.78, 5) is 11.5. The van der Waals surface area contributed by atoms with Crippen molar-refractivity contribution in [2.75, 3.05) is 0 Å². The van der Waals surface area contributed by atoms with Crippen molar-refractivity contribution in [1.29, 1.82) is 0 Å². The SMILES string of the molecule is CCC(=O)[C@@H](C)[C@@H](CC)O[Si](C)(C)C. The van der Waals surface area contributed by atoms with Gasteiger partial charge in [-0.25, -0.2) is 0 Å². The van der Waals surface area contributed by atoms with Crippen LogP contribution in [0, 0.1) is 5.92 Å². The molecular formula is C11H24O2Si. The lowest BCUT2D eigenvalue weighted by atomic mass is 9.96. The molecule has 0 rings (SSSR count). The van der Waals surface area contributed by atoms with Crippen LogP contribution >= 0.6 is 0 Å². The minimum absolute atomic E-state index is 0.0525. The van der Waals surface area contributed by atoms with E-state index in [9.17, 15) is 4.79 Å². The van der Waals surface area contributed by atoms with Gasteiger partial charge in [0, 0.05) is 12.3 Å². The first-order chi connectivity index (χ1) is 6.31. The van der Waals surface area contributed by atoms with Crippen LogP contribution in [-0.4, -0.2) is 20.2 Å². The Hall–Kier alpha value is -0.153. The summed E-state index contributed by atoms with van der Waals surface area (Å²) < 4.78 is 5.99. The minimum atomic E-state index is -1.51. The summed E-state index contributed by atoms with van der Waals surface area (Å²) in [5.74, 6) is 0.367. The van der Waals surface area contributed by atoms with E-state index in [0.717, 1.165) is 6.42 Å². The van der Waals surface area contributed by atoms with Crippen LogP contribution in [0.25, 0.3) is 0 Å². The summed E-state index contributed by atoms with van der Waals surface area (Å²) in [6.45, 7) is 12.5. The van der Waals surface area contributed by atoms with Crippen LogP contribution in [-0.2, 0) is 9.22 Å². The Kier molecular flexibility index (Phi) is 5.60. The third kappa shape index (κ3) is 4.91. The molecule has 0 aliphatic heterocycles. The summed E-state index contributed by atoms with van der Waals surface area (Å²) >= 11 is 0. The number of ketones is 1. The van der Waals surface area contributed by atoms with Crippen LogP contribution in [0.2, 0.25) is 19.6 Å². The van der Waals surface area contributed by atoms with E-state index in [1.165, 1.54) is 0 Å². The lowest BCUT2D eigenvalue weighted by Gasteiger charge is -2.29. The normalized spacial score (nSPS) is 16.4. The Morgan fingerprint density at radius 3 is 2.07 bits per heavy atom. The Labute approximate surface area is 89.2 Å². The second kappa shape index (κ2) is 5.66. The molecule has 0 aromatic carbocycles. The number of Topliss-reactive ketones (excluding diaryl/α,β-unsaturated/α-hetero) is 1. The second-order valence-corrected chi connectivity index (χ2v) is 9.25. The maximum Gasteiger partial charge on any atom is 0.184 e. The first-order valence-electron chi connectivity index (χ1n) is 5.52. The molecule has 0 aromatic rings. The zero-order valence-corrected chi connectivity index (χ0v) is 11.4. The minimum Gasteiger partial charge on any atom is -0.414 e. The van der Waals surface area contributed by atoms with Crippen LogP contribution in [0.5, 0.6) is 0 Å². The van der Waals surface area contributed by atoms with Crippen molar-refractivity contribution in [2.24, 2.45) is 5.92 Å². The summed E-state index contributed by atoms with van der Waals surface area (Å²) in [6, 6.07) is 0.